The van der Waals surface area contributed by atoms with Gasteiger partial charge in [-0.2, -0.15) is 0 Å². The largest absolute Gasteiger partial charge is 0.410 e. The van der Waals surface area contributed by atoms with Crippen LogP contribution in [0.25, 0.3) is 4.85 Å². The minimum Gasteiger partial charge on any atom is -0.410 e. The van der Waals surface area contributed by atoms with Gasteiger partial charge in [-0.1, -0.05) is 46.2 Å². The lowest BCUT2D eigenvalue weighted by atomic mass is 9.84. The Labute approximate surface area is 130 Å². The second kappa shape index (κ2) is 5.83. The first-order valence-electron chi connectivity index (χ1n) is 7.43. The van der Waals surface area contributed by atoms with Gasteiger partial charge in [0.25, 0.3) is 5.54 Å². The zero-order valence-electron chi connectivity index (χ0n) is 13.9. The van der Waals surface area contributed by atoms with Crippen LogP contribution in [0.4, 0.5) is 0 Å². The van der Waals surface area contributed by atoms with Gasteiger partial charge in [-0.3, -0.25) is 0 Å². The van der Waals surface area contributed by atoms with Crippen molar-refractivity contribution in [3.63, 3.8) is 0 Å². The number of hydrogen-bond acceptors (Lipinski definition) is 1. The van der Waals surface area contributed by atoms with Crippen LogP contribution in [0, 0.1) is 12.5 Å². The molecule has 2 nitrogen and oxygen atoms in total. The van der Waals surface area contributed by atoms with E-state index in [1.165, 1.54) is 0 Å². The fourth-order valence-corrected chi connectivity index (χ4v) is 4.44. The topological polar surface area (TPSA) is 13.6 Å². The highest BCUT2D eigenvalue weighted by Gasteiger charge is 2.56. The molecule has 0 N–H and O–H groups in total. The second-order valence-electron chi connectivity index (χ2n) is 7.46. The molecule has 1 saturated carbocycles. The first-order chi connectivity index (χ1) is 9.05. The highest BCUT2D eigenvalue weighted by molar-refractivity contribution is 6.74. The van der Waals surface area contributed by atoms with Crippen LogP contribution in [0.3, 0.4) is 0 Å². The van der Waals surface area contributed by atoms with Crippen LogP contribution in [0.15, 0.2) is 11.1 Å². The standard InChI is InChI=1S/C16H28ClNOSi/c1-9-16(18-6)12(2)10-14(13(16)11-17)19-20(7,8)15(3,4)5/h11-12,14H,9-10H2,1-5,7-8H3/b13-11-/t12-,14+,16-/m0/s1. The molecule has 0 aromatic heterocycles. The van der Waals surface area contributed by atoms with Crippen molar-refractivity contribution < 1.29 is 4.43 Å². The minimum atomic E-state index is -1.85. The Balaban J connectivity index is 3.10. The van der Waals surface area contributed by atoms with E-state index in [1.807, 2.05) is 0 Å². The Hall–Kier alpha value is -0.303. The molecule has 0 aromatic rings. The molecule has 0 heterocycles. The molecule has 114 valence electrons. The lowest BCUT2D eigenvalue weighted by molar-refractivity contribution is 0.212. The Morgan fingerprint density at radius 1 is 1.50 bits per heavy atom. The average molecular weight is 314 g/mol. The molecule has 0 aromatic carbocycles. The Morgan fingerprint density at radius 3 is 2.40 bits per heavy atom. The highest BCUT2D eigenvalue weighted by Crippen LogP contribution is 2.49. The van der Waals surface area contributed by atoms with Crippen molar-refractivity contribution in [2.75, 3.05) is 0 Å². The summed E-state index contributed by atoms with van der Waals surface area (Å²) in [5.74, 6) is 0.296. The van der Waals surface area contributed by atoms with Gasteiger partial charge in [0.2, 0.25) is 0 Å². The van der Waals surface area contributed by atoms with Gasteiger partial charge in [-0.25, -0.2) is 6.57 Å². The molecule has 20 heavy (non-hydrogen) atoms. The molecule has 0 unspecified atom stereocenters. The van der Waals surface area contributed by atoms with Gasteiger partial charge in [0, 0.05) is 17.9 Å². The lowest BCUT2D eigenvalue weighted by Gasteiger charge is -2.38. The van der Waals surface area contributed by atoms with Gasteiger partial charge in [-0.05, 0) is 24.6 Å². The van der Waals surface area contributed by atoms with Gasteiger partial charge >= 0.3 is 0 Å². The number of rotatable bonds is 3. The Kier molecular flexibility index (Phi) is 5.17. The molecular formula is C16H28ClNOSi. The second-order valence-corrected chi connectivity index (χ2v) is 12.4. The van der Waals surface area contributed by atoms with Crippen LogP contribution < -0.4 is 0 Å². The summed E-state index contributed by atoms with van der Waals surface area (Å²) >= 11 is 6.08. The third kappa shape index (κ3) is 2.84. The molecule has 0 spiro atoms. The first-order valence-corrected chi connectivity index (χ1v) is 10.8. The fourth-order valence-electron chi connectivity index (χ4n) is 2.82. The molecule has 1 aliphatic carbocycles. The van der Waals surface area contributed by atoms with Crippen molar-refractivity contribution in [2.24, 2.45) is 5.92 Å². The van der Waals surface area contributed by atoms with E-state index in [-0.39, 0.29) is 11.1 Å². The van der Waals surface area contributed by atoms with E-state index in [4.69, 9.17) is 22.6 Å². The van der Waals surface area contributed by atoms with Crippen LogP contribution in [0.2, 0.25) is 18.1 Å². The summed E-state index contributed by atoms with van der Waals surface area (Å²) in [6, 6.07) is 0. The first kappa shape index (κ1) is 17.7. The van der Waals surface area contributed by atoms with Crippen molar-refractivity contribution in [3.05, 3.63) is 22.5 Å². The van der Waals surface area contributed by atoms with Crippen LogP contribution in [-0.4, -0.2) is 20.0 Å². The summed E-state index contributed by atoms with van der Waals surface area (Å²) in [7, 11) is -1.85. The smallest absolute Gasteiger partial charge is 0.259 e. The summed E-state index contributed by atoms with van der Waals surface area (Å²) in [4.78, 5) is 3.95. The molecular weight excluding hydrogens is 286 g/mol. The summed E-state index contributed by atoms with van der Waals surface area (Å²) in [6.45, 7) is 23.1. The third-order valence-corrected chi connectivity index (χ3v) is 10.1. The lowest BCUT2D eigenvalue weighted by Crippen LogP contribution is -2.44. The number of halogens is 1. The Morgan fingerprint density at radius 2 is 2.05 bits per heavy atom. The molecule has 1 fully saturated rings. The maximum Gasteiger partial charge on any atom is 0.259 e. The predicted molar refractivity (Wildman–Crippen MR) is 89.4 cm³/mol. The molecule has 3 atom stereocenters. The number of hydrogen-bond donors (Lipinski definition) is 0. The molecule has 0 bridgehead atoms. The van der Waals surface area contributed by atoms with Gasteiger partial charge in [0.15, 0.2) is 8.32 Å². The predicted octanol–water partition coefficient (Wildman–Crippen LogP) is 5.61. The number of nitrogens with zero attached hydrogens (tertiary/aromatic N) is 1. The van der Waals surface area contributed by atoms with Crippen LogP contribution >= 0.6 is 11.6 Å². The minimum absolute atomic E-state index is 0.0115. The molecule has 0 radical (unpaired) electrons. The van der Waals surface area contributed by atoms with E-state index in [9.17, 15) is 0 Å². The highest BCUT2D eigenvalue weighted by atomic mass is 35.5. The molecule has 0 aliphatic heterocycles. The van der Waals surface area contributed by atoms with E-state index >= 15 is 0 Å². The van der Waals surface area contributed by atoms with Gasteiger partial charge < -0.3 is 9.27 Å². The Bertz CT molecular complexity index is 433. The van der Waals surface area contributed by atoms with Crippen molar-refractivity contribution >= 4 is 19.9 Å². The van der Waals surface area contributed by atoms with Crippen molar-refractivity contribution in [3.8, 4) is 0 Å². The molecule has 0 saturated heterocycles. The maximum absolute atomic E-state index is 7.64. The van der Waals surface area contributed by atoms with E-state index in [0.29, 0.717) is 5.92 Å². The van der Waals surface area contributed by atoms with Gasteiger partial charge in [-0.15, -0.1) is 0 Å². The molecule has 1 rings (SSSR count). The SMILES string of the molecule is [C-]#[N+][C@]1(CC)/C(=C\Cl)[C@H](O[Si](C)(C)C(C)(C)C)C[C@@H]1C. The van der Waals surface area contributed by atoms with E-state index < -0.39 is 13.9 Å². The summed E-state index contributed by atoms with van der Waals surface area (Å²) in [5.41, 5.74) is 2.14. The zero-order valence-corrected chi connectivity index (χ0v) is 15.6. The third-order valence-electron chi connectivity index (χ3n) is 5.33. The summed E-state index contributed by atoms with van der Waals surface area (Å²) in [5, 5.41) is 0.170. The van der Waals surface area contributed by atoms with E-state index in [1.54, 1.807) is 5.54 Å². The van der Waals surface area contributed by atoms with E-state index in [0.717, 1.165) is 18.4 Å². The zero-order chi connectivity index (χ0) is 15.8. The van der Waals surface area contributed by atoms with E-state index in [2.05, 4.69) is 52.6 Å². The monoisotopic (exact) mass is 313 g/mol. The molecule has 0 amide bonds. The summed E-state index contributed by atoms with van der Waals surface area (Å²) in [6.07, 6.45) is 1.71. The maximum atomic E-state index is 7.64. The average Bonchev–Trinajstić information content (AvgIpc) is 2.58. The van der Waals surface area contributed by atoms with Crippen molar-refractivity contribution in [2.45, 2.75) is 77.2 Å². The van der Waals surface area contributed by atoms with Crippen LogP contribution in [0.5, 0.6) is 0 Å². The molecule has 1 aliphatic rings. The summed E-state index contributed by atoms with van der Waals surface area (Å²) < 4.78 is 6.54. The van der Waals surface area contributed by atoms with Gasteiger partial charge in [0.1, 0.15) is 0 Å². The normalized spacial score (nSPS) is 33.5. The van der Waals surface area contributed by atoms with Crippen molar-refractivity contribution in [1.29, 1.82) is 0 Å². The van der Waals surface area contributed by atoms with Crippen molar-refractivity contribution in [1.82, 2.24) is 0 Å². The quantitative estimate of drug-likeness (QED) is 0.488. The van der Waals surface area contributed by atoms with Crippen LogP contribution in [0.1, 0.15) is 47.5 Å². The van der Waals surface area contributed by atoms with Crippen LogP contribution in [-0.2, 0) is 4.43 Å². The van der Waals surface area contributed by atoms with Gasteiger partial charge in [0.05, 0.1) is 11.7 Å². The fraction of sp³-hybridized carbons (Fsp3) is 0.812. The molecule has 4 heteroatoms.